The van der Waals surface area contributed by atoms with Gasteiger partial charge in [0.15, 0.2) is 5.78 Å². The number of nitrogens with one attached hydrogen (secondary N) is 1. The highest BCUT2D eigenvalue weighted by Gasteiger charge is 2.24. The van der Waals surface area contributed by atoms with Crippen molar-refractivity contribution >= 4 is 35.1 Å². The van der Waals surface area contributed by atoms with Gasteiger partial charge in [-0.05, 0) is 29.8 Å². The van der Waals surface area contributed by atoms with Crippen molar-refractivity contribution in [2.24, 2.45) is 0 Å². The van der Waals surface area contributed by atoms with Gasteiger partial charge in [-0.3, -0.25) is 4.79 Å². The van der Waals surface area contributed by atoms with Crippen LogP contribution in [0.15, 0.2) is 48.5 Å². The lowest BCUT2D eigenvalue weighted by molar-refractivity contribution is 0.0936. The number of Topliss-reactive ketones (excluding diaryl/α,β-unsaturated/α-hetero) is 1. The maximum atomic E-state index is 12.5. The van der Waals surface area contributed by atoms with E-state index in [2.05, 4.69) is 5.32 Å². The predicted molar refractivity (Wildman–Crippen MR) is 81.1 cm³/mol. The summed E-state index contributed by atoms with van der Waals surface area (Å²) in [5.74, 6) is -0.387. The summed E-state index contributed by atoms with van der Waals surface area (Å²) >= 11 is 11.7. The zero-order valence-corrected chi connectivity index (χ0v) is 12.2. The van der Waals surface area contributed by atoms with Crippen molar-refractivity contribution in [1.82, 2.24) is 5.32 Å². The summed E-state index contributed by atoms with van der Waals surface area (Å²) in [4.78, 5) is 23.4. The number of halogens is 2. The van der Waals surface area contributed by atoms with Crippen molar-refractivity contribution in [2.75, 3.05) is 0 Å². The van der Waals surface area contributed by atoms with Gasteiger partial charge in [0, 0.05) is 15.6 Å². The molecule has 0 fully saturated rings. The van der Waals surface area contributed by atoms with E-state index in [-0.39, 0.29) is 5.78 Å². The van der Waals surface area contributed by atoms with E-state index in [0.717, 1.165) is 0 Å². The van der Waals surface area contributed by atoms with Gasteiger partial charge in [-0.25, -0.2) is 4.79 Å². The van der Waals surface area contributed by atoms with Gasteiger partial charge >= 0.3 is 6.09 Å². The Morgan fingerprint density at radius 3 is 2.24 bits per heavy atom. The first-order valence-corrected chi connectivity index (χ1v) is 6.77. The van der Waals surface area contributed by atoms with Crippen LogP contribution < -0.4 is 5.32 Å². The van der Waals surface area contributed by atoms with E-state index in [1.807, 2.05) is 0 Å². The average molecular weight is 324 g/mol. The Kier molecular flexibility index (Phi) is 4.83. The molecule has 2 rings (SSSR count). The van der Waals surface area contributed by atoms with Crippen molar-refractivity contribution in [1.29, 1.82) is 0 Å². The van der Waals surface area contributed by atoms with Crippen LogP contribution in [0.3, 0.4) is 0 Å². The van der Waals surface area contributed by atoms with Crippen LogP contribution in [0.4, 0.5) is 4.79 Å². The molecule has 0 aromatic heterocycles. The number of ketones is 1. The number of amides is 1. The van der Waals surface area contributed by atoms with Gasteiger partial charge in [-0.1, -0.05) is 47.5 Å². The molecule has 0 aliphatic rings. The van der Waals surface area contributed by atoms with Gasteiger partial charge in [0.1, 0.15) is 6.04 Å². The molecule has 0 saturated heterocycles. The minimum Gasteiger partial charge on any atom is -0.465 e. The summed E-state index contributed by atoms with van der Waals surface area (Å²) in [6.07, 6.45) is -1.29. The minimum atomic E-state index is -1.29. The molecule has 0 bridgehead atoms. The summed E-state index contributed by atoms with van der Waals surface area (Å²) in [7, 11) is 0. The third kappa shape index (κ3) is 3.97. The number of carboxylic acid groups (broad SMARTS) is 1. The maximum absolute atomic E-state index is 12.5. The molecule has 4 nitrogen and oxygen atoms in total. The normalized spacial score (nSPS) is 11.7. The lowest BCUT2D eigenvalue weighted by Crippen LogP contribution is -2.32. The topological polar surface area (TPSA) is 66.4 Å². The fourth-order valence-electron chi connectivity index (χ4n) is 1.89. The molecular weight excluding hydrogens is 313 g/mol. The molecule has 2 aromatic carbocycles. The molecule has 1 amide bonds. The van der Waals surface area contributed by atoms with Crippen molar-refractivity contribution in [2.45, 2.75) is 6.04 Å². The molecule has 0 spiro atoms. The van der Waals surface area contributed by atoms with Gasteiger partial charge in [0.25, 0.3) is 0 Å². The van der Waals surface area contributed by atoms with Crippen molar-refractivity contribution in [3.05, 3.63) is 69.7 Å². The van der Waals surface area contributed by atoms with Crippen LogP contribution in [-0.2, 0) is 0 Å². The van der Waals surface area contributed by atoms with Crippen LogP contribution in [0.1, 0.15) is 22.0 Å². The zero-order chi connectivity index (χ0) is 15.4. The van der Waals surface area contributed by atoms with E-state index in [0.29, 0.717) is 21.2 Å². The first kappa shape index (κ1) is 15.4. The molecule has 0 saturated carbocycles. The first-order chi connectivity index (χ1) is 9.97. The van der Waals surface area contributed by atoms with Crippen LogP contribution in [-0.4, -0.2) is 17.0 Å². The highest BCUT2D eigenvalue weighted by atomic mass is 35.5. The lowest BCUT2D eigenvalue weighted by Gasteiger charge is -2.16. The highest BCUT2D eigenvalue weighted by Crippen LogP contribution is 2.22. The Balaban J connectivity index is 2.38. The van der Waals surface area contributed by atoms with Gasteiger partial charge in [-0.2, -0.15) is 0 Å². The molecule has 2 N–H and O–H groups in total. The van der Waals surface area contributed by atoms with E-state index >= 15 is 0 Å². The van der Waals surface area contributed by atoms with E-state index in [9.17, 15) is 9.59 Å². The van der Waals surface area contributed by atoms with Crippen molar-refractivity contribution in [3.8, 4) is 0 Å². The SMILES string of the molecule is O=C(O)NC(C(=O)c1cccc(Cl)c1)c1ccc(Cl)cc1. The summed E-state index contributed by atoms with van der Waals surface area (Å²) in [6.45, 7) is 0. The maximum Gasteiger partial charge on any atom is 0.405 e. The van der Waals surface area contributed by atoms with Crippen LogP contribution in [0.2, 0.25) is 10.0 Å². The summed E-state index contributed by atoms with van der Waals surface area (Å²) in [5, 5.41) is 12.1. The largest absolute Gasteiger partial charge is 0.465 e. The molecule has 0 aliphatic carbocycles. The van der Waals surface area contributed by atoms with Crippen molar-refractivity contribution < 1.29 is 14.7 Å². The third-order valence-electron chi connectivity index (χ3n) is 2.84. The van der Waals surface area contributed by atoms with Gasteiger partial charge in [0.05, 0.1) is 0 Å². The monoisotopic (exact) mass is 323 g/mol. The Morgan fingerprint density at radius 1 is 1.00 bits per heavy atom. The number of benzene rings is 2. The van der Waals surface area contributed by atoms with Crippen LogP contribution in [0, 0.1) is 0 Å². The third-order valence-corrected chi connectivity index (χ3v) is 3.33. The molecular formula is C15H11Cl2NO3. The minimum absolute atomic E-state index is 0.330. The van der Waals surface area contributed by atoms with E-state index < -0.39 is 12.1 Å². The van der Waals surface area contributed by atoms with Gasteiger partial charge in [-0.15, -0.1) is 0 Å². The standard InChI is InChI=1S/C15H11Cl2NO3/c16-11-6-4-9(5-7-11)13(18-15(20)21)14(19)10-2-1-3-12(17)8-10/h1-8,13,18H,(H,20,21). The fourth-order valence-corrected chi connectivity index (χ4v) is 2.20. The molecule has 0 aliphatic heterocycles. The smallest absolute Gasteiger partial charge is 0.405 e. The summed E-state index contributed by atoms with van der Waals surface area (Å²) < 4.78 is 0. The highest BCUT2D eigenvalue weighted by molar-refractivity contribution is 6.31. The summed E-state index contributed by atoms with van der Waals surface area (Å²) in [6, 6.07) is 11.7. The van der Waals surface area contributed by atoms with Crippen LogP contribution >= 0.6 is 23.2 Å². The fraction of sp³-hybridized carbons (Fsp3) is 0.0667. The predicted octanol–water partition coefficient (Wildman–Crippen LogP) is 4.19. The number of rotatable bonds is 4. The molecule has 0 radical (unpaired) electrons. The second-order valence-corrected chi connectivity index (χ2v) is 5.18. The van der Waals surface area contributed by atoms with Gasteiger partial charge < -0.3 is 10.4 Å². The Labute approximate surface area is 131 Å². The zero-order valence-electron chi connectivity index (χ0n) is 10.7. The molecule has 21 heavy (non-hydrogen) atoms. The van der Waals surface area contributed by atoms with Crippen LogP contribution in [0.5, 0.6) is 0 Å². The average Bonchev–Trinajstić information content (AvgIpc) is 2.45. The molecule has 1 atom stereocenters. The molecule has 1 unspecified atom stereocenters. The lowest BCUT2D eigenvalue weighted by atomic mass is 9.97. The van der Waals surface area contributed by atoms with E-state index in [1.165, 1.54) is 6.07 Å². The van der Waals surface area contributed by atoms with E-state index in [1.54, 1.807) is 42.5 Å². The number of carbonyl (C=O) groups is 2. The molecule has 0 heterocycles. The molecule has 108 valence electrons. The molecule has 2 aromatic rings. The molecule has 6 heteroatoms. The number of carbonyl (C=O) groups excluding carboxylic acids is 1. The first-order valence-electron chi connectivity index (χ1n) is 6.02. The number of hydrogen-bond acceptors (Lipinski definition) is 2. The van der Waals surface area contributed by atoms with E-state index in [4.69, 9.17) is 28.3 Å². The number of hydrogen-bond donors (Lipinski definition) is 2. The Hall–Kier alpha value is -2.04. The second-order valence-electron chi connectivity index (χ2n) is 4.31. The second kappa shape index (κ2) is 6.61. The Bertz CT molecular complexity index is 671. The van der Waals surface area contributed by atoms with Gasteiger partial charge in [0.2, 0.25) is 0 Å². The van der Waals surface area contributed by atoms with Crippen LogP contribution in [0.25, 0.3) is 0 Å². The van der Waals surface area contributed by atoms with Crippen molar-refractivity contribution in [3.63, 3.8) is 0 Å². The summed E-state index contributed by atoms with van der Waals surface area (Å²) in [5.41, 5.74) is 0.836. The Morgan fingerprint density at radius 2 is 1.67 bits per heavy atom. The quantitative estimate of drug-likeness (QED) is 0.829.